The lowest BCUT2D eigenvalue weighted by molar-refractivity contribution is 0.0613. The van der Waals surface area contributed by atoms with Crippen molar-refractivity contribution in [1.82, 2.24) is 0 Å². The molecular weight excluding hydrogens is 351 g/mol. The smallest absolute Gasteiger partial charge is 0.137 e. The van der Waals surface area contributed by atoms with E-state index in [4.69, 9.17) is 0 Å². The molecule has 1 N–H and O–H groups in total. The predicted molar refractivity (Wildman–Crippen MR) is 89.2 cm³/mol. The summed E-state index contributed by atoms with van der Waals surface area (Å²) in [4.78, 5) is 0.889. The predicted octanol–water partition coefficient (Wildman–Crippen LogP) is 5.25. The second kappa shape index (κ2) is 5.52. The topological polar surface area (TPSA) is 20.2 Å². The van der Waals surface area contributed by atoms with Crippen LogP contribution < -0.4 is 0 Å². The first kappa shape index (κ1) is 14.7. The van der Waals surface area contributed by atoms with Crippen molar-refractivity contribution in [2.45, 2.75) is 18.9 Å². The number of benzene rings is 2. The van der Waals surface area contributed by atoms with E-state index in [2.05, 4.69) is 15.9 Å². The van der Waals surface area contributed by atoms with Crippen molar-refractivity contribution in [3.63, 3.8) is 0 Å². The Bertz CT molecular complexity index is 761. The summed E-state index contributed by atoms with van der Waals surface area (Å²) in [5.41, 5.74) is -0.266. The van der Waals surface area contributed by atoms with Crippen molar-refractivity contribution in [3.05, 3.63) is 69.3 Å². The van der Waals surface area contributed by atoms with Gasteiger partial charge in [0.1, 0.15) is 11.4 Å². The Hall–Kier alpha value is -1.23. The molecule has 0 aliphatic carbocycles. The summed E-state index contributed by atoms with van der Waals surface area (Å²) >= 11 is 4.83. The van der Waals surface area contributed by atoms with E-state index in [0.717, 1.165) is 20.5 Å². The third kappa shape index (κ3) is 2.89. The largest absolute Gasteiger partial charge is 0.384 e. The van der Waals surface area contributed by atoms with E-state index >= 15 is 0 Å². The van der Waals surface area contributed by atoms with Gasteiger partial charge in [-0.05, 0) is 52.0 Å². The highest BCUT2D eigenvalue weighted by molar-refractivity contribution is 9.10. The Morgan fingerprint density at radius 3 is 2.71 bits per heavy atom. The maximum absolute atomic E-state index is 13.6. The lowest BCUT2D eigenvalue weighted by Crippen LogP contribution is -2.23. The fourth-order valence-corrected chi connectivity index (χ4v) is 3.90. The summed E-state index contributed by atoms with van der Waals surface area (Å²) in [6.45, 7) is 1.77. The van der Waals surface area contributed by atoms with Crippen LogP contribution in [0.4, 0.5) is 4.39 Å². The SMILES string of the molecule is CC(O)(Cc1cccc(F)c1Br)c1cc2ccccc2s1. The van der Waals surface area contributed by atoms with Gasteiger partial charge >= 0.3 is 0 Å². The second-order valence-corrected chi connectivity index (χ2v) is 7.19. The maximum atomic E-state index is 13.6. The Balaban J connectivity index is 1.97. The van der Waals surface area contributed by atoms with Crippen molar-refractivity contribution >= 4 is 37.4 Å². The Labute approximate surface area is 135 Å². The molecular formula is C17H14BrFOS. The Morgan fingerprint density at radius 1 is 1.19 bits per heavy atom. The molecule has 0 radical (unpaired) electrons. The molecule has 4 heteroatoms. The van der Waals surface area contributed by atoms with E-state index in [-0.39, 0.29) is 5.82 Å². The number of rotatable bonds is 3. The van der Waals surface area contributed by atoms with Gasteiger partial charge in [0.05, 0.1) is 4.47 Å². The standard InChI is InChI=1S/C17H14BrFOS/c1-17(20,10-12-6-4-7-13(19)16(12)18)15-9-11-5-2-3-8-14(11)21-15/h2-9,20H,10H2,1H3. The number of thiophene rings is 1. The van der Waals surface area contributed by atoms with Gasteiger partial charge in [-0.1, -0.05) is 30.3 Å². The first-order chi connectivity index (χ1) is 9.97. The van der Waals surface area contributed by atoms with Crippen molar-refractivity contribution in [2.75, 3.05) is 0 Å². The minimum Gasteiger partial charge on any atom is -0.384 e. The molecule has 0 fully saturated rings. The first-order valence-corrected chi connectivity index (χ1v) is 8.23. The van der Waals surface area contributed by atoms with Crippen LogP contribution in [0.1, 0.15) is 17.4 Å². The summed E-state index contributed by atoms with van der Waals surface area (Å²) < 4.78 is 15.2. The highest BCUT2D eigenvalue weighted by Gasteiger charge is 2.27. The number of halogens is 2. The van der Waals surface area contributed by atoms with Crippen LogP contribution in [-0.2, 0) is 12.0 Å². The second-order valence-electron chi connectivity index (χ2n) is 5.31. The van der Waals surface area contributed by atoms with Crippen molar-refractivity contribution in [1.29, 1.82) is 0 Å². The minimum absolute atomic E-state index is 0.306. The van der Waals surface area contributed by atoms with Gasteiger partial charge in [-0.3, -0.25) is 0 Å². The molecule has 0 spiro atoms. The van der Waals surface area contributed by atoms with Crippen LogP contribution in [0.2, 0.25) is 0 Å². The Morgan fingerprint density at radius 2 is 1.95 bits per heavy atom. The summed E-state index contributed by atoms with van der Waals surface area (Å²) in [6.07, 6.45) is 0.359. The monoisotopic (exact) mass is 364 g/mol. The highest BCUT2D eigenvalue weighted by atomic mass is 79.9. The Kier molecular flexibility index (Phi) is 3.86. The number of aliphatic hydroxyl groups is 1. The van der Waals surface area contributed by atoms with E-state index in [9.17, 15) is 9.50 Å². The molecule has 0 aliphatic rings. The average Bonchev–Trinajstić information content (AvgIpc) is 2.88. The highest BCUT2D eigenvalue weighted by Crippen LogP contribution is 2.36. The molecule has 0 saturated heterocycles. The zero-order valence-electron chi connectivity index (χ0n) is 11.4. The number of hydrogen-bond acceptors (Lipinski definition) is 2. The van der Waals surface area contributed by atoms with E-state index < -0.39 is 5.60 Å². The quantitative estimate of drug-likeness (QED) is 0.672. The molecule has 1 aromatic heterocycles. The van der Waals surface area contributed by atoms with Crippen LogP contribution in [-0.4, -0.2) is 5.11 Å². The van der Waals surface area contributed by atoms with Crippen LogP contribution in [0.3, 0.4) is 0 Å². The third-order valence-electron chi connectivity index (χ3n) is 3.52. The van der Waals surface area contributed by atoms with Crippen LogP contribution in [0.15, 0.2) is 53.0 Å². The molecule has 1 unspecified atom stereocenters. The van der Waals surface area contributed by atoms with Crippen LogP contribution >= 0.6 is 27.3 Å². The van der Waals surface area contributed by atoms with Gasteiger partial charge in [-0.2, -0.15) is 0 Å². The summed E-state index contributed by atoms with van der Waals surface area (Å²) in [5, 5.41) is 11.9. The molecule has 3 rings (SSSR count). The number of hydrogen-bond donors (Lipinski definition) is 1. The van der Waals surface area contributed by atoms with Gasteiger partial charge < -0.3 is 5.11 Å². The van der Waals surface area contributed by atoms with Crippen LogP contribution in [0.25, 0.3) is 10.1 Å². The lowest BCUT2D eigenvalue weighted by atomic mass is 9.94. The molecule has 0 saturated carbocycles. The lowest BCUT2D eigenvalue weighted by Gasteiger charge is -2.22. The van der Waals surface area contributed by atoms with Gasteiger partial charge in [0.25, 0.3) is 0 Å². The summed E-state index contributed by atoms with van der Waals surface area (Å²) in [5.74, 6) is -0.306. The molecule has 2 aromatic carbocycles. The maximum Gasteiger partial charge on any atom is 0.137 e. The molecule has 1 atom stereocenters. The molecule has 0 aliphatic heterocycles. The van der Waals surface area contributed by atoms with E-state index in [1.807, 2.05) is 36.4 Å². The summed E-state index contributed by atoms with van der Waals surface area (Å²) in [6, 6.07) is 14.9. The molecule has 108 valence electrons. The van der Waals surface area contributed by atoms with Gasteiger partial charge in [0.2, 0.25) is 0 Å². The van der Waals surface area contributed by atoms with Gasteiger partial charge in [0.15, 0.2) is 0 Å². The average molecular weight is 365 g/mol. The fraction of sp³-hybridized carbons (Fsp3) is 0.176. The van der Waals surface area contributed by atoms with Crippen molar-refractivity contribution in [2.24, 2.45) is 0 Å². The molecule has 1 nitrogen and oxygen atoms in total. The summed E-state index contributed by atoms with van der Waals surface area (Å²) in [7, 11) is 0. The van der Waals surface area contributed by atoms with Crippen LogP contribution in [0, 0.1) is 5.82 Å². The van der Waals surface area contributed by atoms with Crippen molar-refractivity contribution < 1.29 is 9.50 Å². The zero-order chi connectivity index (χ0) is 15.0. The molecule has 1 heterocycles. The first-order valence-electron chi connectivity index (χ1n) is 6.62. The fourth-order valence-electron chi connectivity index (χ4n) is 2.39. The normalized spacial score (nSPS) is 14.3. The molecule has 3 aromatic rings. The molecule has 0 amide bonds. The van der Waals surface area contributed by atoms with E-state index in [0.29, 0.717) is 10.9 Å². The van der Waals surface area contributed by atoms with E-state index in [1.54, 1.807) is 24.3 Å². The van der Waals surface area contributed by atoms with E-state index in [1.165, 1.54) is 6.07 Å². The van der Waals surface area contributed by atoms with Gasteiger partial charge in [-0.25, -0.2) is 4.39 Å². The molecule has 0 bridgehead atoms. The van der Waals surface area contributed by atoms with Gasteiger partial charge in [-0.15, -0.1) is 11.3 Å². The number of fused-ring (bicyclic) bond motifs is 1. The third-order valence-corrected chi connectivity index (χ3v) is 5.78. The van der Waals surface area contributed by atoms with Crippen LogP contribution in [0.5, 0.6) is 0 Å². The van der Waals surface area contributed by atoms with Crippen molar-refractivity contribution in [3.8, 4) is 0 Å². The zero-order valence-corrected chi connectivity index (χ0v) is 13.8. The minimum atomic E-state index is -1.03. The van der Waals surface area contributed by atoms with Gasteiger partial charge in [0, 0.05) is 16.0 Å². The molecule has 21 heavy (non-hydrogen) atoms.